The van der Waals surface area contributed by atoms with Crippen LogP contribution in [0.25, 0.3) is 0 Å². The molecule has 59 heavy (non-hydrogen) atoms. The molecule has 2 aromatic carbocycles. The Labute approximate surface area is 347 Å². The molecule has 2 saturated carbocycles. The molecule has 0 unspecified atom stereocenters. The third-order valence-electron chi connectivity index (χ3n) is 9.10. The van der Waals surface area contributed by atoms with Crippen LogP contribution in [-0.4, -0.2) is 69.7 Å². The van der Waals surface area contributed by atoms with E-state index in [4.69, 9.17) is 15.2 Å². The number of benzene rings is 2. The molecule has 0 radical (unpaired) electrons. The Hall–Kier alpha value is -5.36. The third kappa shape index (κ3) is 13.3. The molecule has 324 valence electrons. The van der Waals surface area contributed by atoms with E-state index < -0.39 is 78.2 Å². The Kier molecular flexibility index (Phi) is 15.6. The molecule has 2 aromatic rings. The van der Waals surface area contributed by atoms with Crippen LogP contribution in [0.1, 0.15) is 80.1 Å². The monoisotopic (exact) mass is 858 g/mol. The van der Waals surface area contributed by atoms with E-state index in [0.717, 1.165) is 25.7 Å². The summed E-state index contributed by atoms with van der Waals surface area (Å²) in [5.41, 5.74) is 1.75. The van der Waals surface area contributed by atoms with Crippen molar-refractivity contribution in [3.63, 3.8) is 0 Å². The Morgan fingerprint density at radius 3 is 1.58 bits per heavy atom. The third-order valence-corrected chi connectivity index (χ3v) is 11.9. The molecule has 16 nitrogen and oxygen atoms in total. The highest BCUT2D eigenvalue weighted by atomic mass is 32.2. The van der Waals surface area contributed by atoms with Crippen LogP contribution in [-0.2, 0) is 39.1 Å². The number of nitrogen functional groups attached to an aromatic ring is 1. The lowest BCUT2D eigenvalue weighted by molar-refractivity contribution is -0.123. The van der Waals surface area contributed by atoms with Gasteiger partial charge in [-0.1, -0.05) is 48.9 Å². The van der Waals surface area contributed by atoms with Crippen molar-refractivity contribution >= 4 is 55.4 Å². The van der Waals surface area contributed by atoms with E-state index in [2.05, 4.69) is 40.4 Å². The van der Waals surface area contributed by atoms with Gasteiger partial charge >= 0.3 is 12.2 Å². The molecule has 4 rings (SSSR count). The number of sulfonamides is 2. The summed E-state index contributed by atoms with van der Waals surface area (Å²) < 4.78 is 65.6. The lowest BCUT2D eigenvalue weighted by Crippen LogP contribution is -2.52. The van der Waals surface area contributed by atoms with Gasteiger partial charge < -0.3 is 31.2 Å². The minimum Gasteiger partial charge on any atom is -0.444 e. The Bertz CT molecular complexity index is 2130. The zero-order valence-electron chi connectivity index (χ0n) is 34.6. The first-order chi connectivity index (χ1) is 27.4. The summed E-state index contributed by atoms with van der Waals surface area (Å²) in [7, 11) is -8.38. The van der Waals surface area contributed by atoms with Crippen molar-refractivity contribution in [3.05, 3.63) is 86.5 Å². The number of anilines is 2. The van der Waals surface area contributed by atoms with E-state index in [1.807, 2.05) is 10.8 Å². The summed E-state index contributed by atoms with van der Waals surface area (Å²) >= 11 is 0. The summed E-state index contributed by atoms with van der Waals surface area (Å²) in [6, 6.07) is 12.2. The van der Waals surface area contributed by atoms with Crippen molar-refractivity contribution in [2.45, 2.75) is 112 Å². The van der Waals surface area contributed by atoms with Crippen LogP contribution in [0.15, 0.2) is 96.3 Å². The largest absolute Gasteiger partial charge is 0.444 e. The second kappa shape index (κ2) is 19.1. The number of amides is 4. The first kappa shape index (κ1) is 48.0. The van der Waals surface area contributed by atoms with Gasteiger partial charge in [0.25, 0.3) is 31.9 Å². The molecule has 4 atom stereocenters. The van der Waals surface area contributed by atoms with E-state index in [0.29, 0.717) is 12.2 Å². The van der Waals surface area contributed by atoms with Crippen molar-refractivity contribution in [1.82, 2.24) is 20.1 Å². The highest BCUT2D eigenvalue weighted by molar-refractivity contribution is 7.90. The summed E-state index contributed by atoms with van der Waals surface area (Å²) in [6.45, 7) is 21.7. The summed E-state index contributed by atoms with van der Waals surface area (Å²) in [5.74, 6) is -2.49. The number of hydrogen-bond donors (Lipinski definition) is 6. The summed E-state index contributed by atoms with van der Waals surface area (Å²) in [6.07, 6.45) is 7.57. The van der Waals surface area contributed by atoms with Gasteiger partial charge in [0, 0.05) is 18.4 Å². The Morgan fingerprint density at radius 1 is 0.712 bits per heavy atom. The summed E-state index contributed by atoms with van der Waals surface area (Å²) in [4.78, 5) is 49.7. The van der Waals surface area contributed by atoms with E-state index in [9.17, 15) is 36.0 Å². The Morgan fingerprint density at radius 2 is 1.15 bits per heavy atom. The zero-order valence-corrected chi connectivity index (χ0v) is 36.2. The fraction of sp³-hybridized carbons (Fsp3) is 0.463. The topological polar surface area (TPSA) is 241 Å². The number of carbonyl (C=O) groups is 4. The predicted molar refractivity (Wildman–Crippen MR) is 226 cm³/mol. The first-order valence-corrected chi connectivity index (χ1v) is 22.0. The van der Waals surface area contributed by atoms with Gasteiger partial charge in [-0.25, -0.2) is 35.9 Å². The normalized spacial score (nSPS) is 20.8. The van der Waals surface area contributed by atoms with Gasteiger partial charge in [-0.2, -0.15) is 0 Å². The van der Waals surface area contributed by atoms with Gasteiger partial charge in [-0.3, -0.25) is 9.59 Å². The highest BCUT2D eigenvalue weighted by Gasteiger charge is 2.62. The maximum Gasteiger partial charge on any atom is 0.408 e. The van der Waals surface area contributed by atoms with Gasteiger partial charge in [0.05, 0.1) is 11.4 Å². The number of unbranched alkanes of at least 4 members (excludes halogenated alkanes) is 3. The molecule has 0 aromatic heterocycles. The van der Waals surface area contributed by atoms with Gasteiger partial charge in [-0.05, 0) is 97.9 Å². The van der Waals surface area contributed by atoms with Crippen LogP contribution in [0.2, 0.25) is 0 Å². The fourth-order valence-electron chi connectivity index (χ4n) is 5.96. The minimum atomic E-state index is -4.19. The van der Waals surface area contributed by atoms with Gasteiger partial charge in [-0.15, -0.1) is 19.7 Å². The molecule has 2 aliphatic rings. The van der Waals surface area contributed by atoms with Crippen molar-refractivity contribution in [3.8, 4) is 0 Å². The number of ether oxygens (including phenoxy) is 2. The zero-order chi connectivity index (χ0) is 44.5. The maximum atomic E-state index is 13.1. The molecular formula is C41H58N6O10S2. The van der Waals surface area contributed by atoms with Crippen molar-refractivity contribution in [2.24, 2.45) is 11.8 Å². The number of rotatable bonds is 17. The molecule has 0 heterocycles. The predicted octanol–water partition coefficient (Wildman–Crippen LogP) is 5.66. The molecule has 0 aliphatic heterocycles. The summed E-state index contributed by atoms with van der Waals surface area (Å²) in [5, 5.41) is 8.15. The fourth-order valence-corrected chi connectivity index (χ4v) is 8.36. The van der Waals surface area contributed by atoms with Crippen LogP contribution >= 0.6 is 0 Å². The van der Waals surface area contributed by atoms with Crippen molar-refractivity contribution in [2.75, 3.05) is 17.6 Å². The lowest BCUT2D eigenvalue weighted by Gasteiger charge is -2.24. The molecule has 0 bridgehead atoms. The first-order valence-electron chi connectivity index (χ1n) is 19.1. The molecule has 2 fully saturated rings. The second-order valence-corrected chi connectivity index (χ2v) is 19.6. The molecular weight excluding hydrogens is 801 g/mol. The second-order valence-electron chi connectivity index (χ2n) is 16.3. The number of alkyl carbamates (subject to hydrolysis) is 2. The average molecular weight is 859 g/mol. The number of para-hydroxylation sites is 2. The van der Waals surface area contributed by atoms with Crippen LogP contribution in [0.3, 0.4) is 0 Å². The van der Waals surface area contributed by atoms with Gasteiger partial charge in [0.15, 0.2) is 0 Å². The van der Waals surface area contributed by atoms with Crippen LogP contribution in [0.4, 0.5) is 21.0 Å². The van der Waals surface area contributed by atoms with Gasteiger partial charge in [0.1, 0.15) is 32.1 Å². The molecule has 18 heteroatoms. The maximum absolute atomic E-state index is 13.1. The number of carbonyl (C=O) groups excluding carboxylic acids is 4. The number of nitrogens with two attached hydrogens (primary N) is 1. The average Bonchev–Trinajstić information content (AvgIpc) is 4.02. The van der Waals surface area contributed by atoms with E-state index in [1.165, 1.54) is 36.4 Å². The number of nitrogens with one attached hydrogen (secondary N) is 5. The van der Waals surface area contributed by atoms with Crippen molar-refractivity contribution < 1.29 is 45.5 Å². The van der Waals surface area contributed by atoms with Gasteiger partial charge in [0.2, 0.25) is 0 Å². The lowest BCUT2D eigenvalue weighted by atomic mass is 10.2. The molecule has 7 N–H and O–H groups in total. The SMILES string of the molecule is C=CCCCCCNc1ccccc1S(=O)(=O)NC(=O)[C@@]1(NC(=O)OC(C)(C)C)C[C@H]1C=C.C=C[C@@H]1C[C@]1(NC(=O)OC(C)(C)C)C(=O)NS(=O)(=O)c1ccccc1N. The van der Waals surface area contributed by atoms with Crippen LogP contribution in [0.5, 0.6) is 0 Å². The smallest absolute Gasteiger partial charge is 0.408 e. The highest BCUT2D eigenvalue weighted by Crippen LogP contribution is 2.46. The van der Waals surface area contributed by atoms with E-state index in [-0.39, 0.29) is 28.3 Å². The number of hydrogen-bond acceptors (Lipinski definition) is 12. The van der Waals surface area contributed by atoms with Crippen LogP contribution in [0, 0.1) is 11.8 Å². The molecule has 0 saturated heterocycles. The quantitative estimate of drug-likeness (QED) is 0.0642. The molecule has 2 aliphatic carbocycles. The van der Waals surface area contributed by atoms with E-state index in [1.54, 1.807) is 65.8 Å². The Balaban J connectivity index is 0.000000324. The van der Waals surface area contributed by atoms with Crippen LogP contribution < -0.4 is 31.1 Å². The minimum absolute atomic E-state index is 0.0121. The number of allylic oxidation sites excluding steroid dienone is 1. The van der Waals surface area contributed by atoms with E-state index >= 15 is 0 Å². The molecule has 0 spiro atoms. The standard InChI is InChI=1S/C24H35N3O5S.C17H23N3O5S/c1-6-8-9-10-13-16-25-19-14-11-12-15-20(19)33(30,31)27-21(28)24(17-18(24)7-2)26-22(29)32-23(3,4)5;1-5-11-10-17(11,19-15(22)25-16(2,3)4)14(21)20-26(23,24)13-9-7-6-8-12(13)18/h6-7,11-12,14-15,18,25H,1-2,8-10,13,16-17H2,3-5H3,(H,26,29)(H,27,28);5-9,11H,1,10,18H2,2-4H3,(H,19,22)(H,20,21)/t18-,24-;11-,17-/m11/s1. The molecule has 4 amide bonds. The van der Waals surface area contributed by atoms with Crippen molar-refractivity contribution in [1.29, 1.82) is 0 Å².